The first-order valence-corrected chi connectivity index (χ1v) is 11.4. The zero-order valence-corrected chi connectivity index (χ0v) is 16.7. The molecule has 1 aromatic carbocycles. The van der Waals surface area contributed by atoms with Crippen molar-refractivity contribution in [1.29, 1.82) is 0 Å². The van der Waals surface area contributed by atoms with Crippen LogP contribution in [0.1, 0.15) is 48.5 Å². The highest BCUT2D eigenvalue weighted by atomic mass is 32.2. The van der Waals surface area contributed by atoms with E-state index in [2.05, 4.69) is 10.6 Å². The Morgan fingerprint density at radius 2 is 1.85 bits per heavy atom. The predicted molar refractivity (Wildman–Crippen MR) is 104 cm³/mol. The van der Waals surface area contributed by atoms with Crippen LogP contribution in [0.4, 0.5) is 0 Å². The van der Waals surface area contributed by atoms with Gasteiger partial charge in [0.1, 0.15) is 5.75 Å². The number of amides is 2. The molecule has 2 N–H and O–H groups in total. The summed E-state index contributed by atoms with van der Waals surface area (Å²) in [5.41, 5.74) is 1.03. The van der Waals surface area contributed by atoms with Gasteiger partial charge in [0, 0.05) is 18.7 Å². The molecule has 27 heavy (non-hydrogen) atoms. The fraction of sp³-hybridized carbons (Fsp3) is 0.600. The van der Waals surface area contributed by atoms with Crippen LogP contribution in [0.3, 0.4) is 0 Å². The Hall–Kier alpha value is -1.89. The molecule has 0 saturated heterocycles. The highest BCUT2D eigenvalue weighted by molar-refractivity contribution is 7.91. The molecule has 4 atom stereocenters. The van der Waals surface area contributed by atoms with Crippen LogP contribution in [0.25, 0.3) is 0 Å². The van der Waals surface area contributed by atoms with E-state index in [-0.39, 0.29) is 17.7 Å². The van der Waals surface area contributed by atoms with Crippen molar-refractivity contribution in [1.82, 2.24) is 10.6 Å². The zero-order chi connectivity index (χ0) is 19.6. The van der Waals surface area contributed by atoms with Gasteiger partial charge in [-0.1, -0.05) is 18.6 Å². The summed E-state index contributed by atoms with van der Waals surface area (Å²) in [6, 6.07) is 6.41. The van der Waals surface area contributed by atoms with Crippen molar-refractivity contribution in [2.75, 3.05) is 12.8 Å². The predicted octanol–water partition coefficient (Wildman–Crippen LogP) is 1.90. The Labute approximate surface area is 161 Å². The normalized spacial score (nSPS) is 25.2. The lowest BCUT2D eigenvalue weighted by molar-refractivity contribution is -0.119. The van der Waals surface area contributed by atoms with E-state index in [0.29, 0.717) is 23.0 Å². The van der Waals surface area contributed by atoms with Gasteiger partial charge in [-0.15, -0.1) is 0 Å². The monoisotopic (exact) mass is 392 g/mol. The molecule has 1 aromatic rings. The number of rotatable bonds is 7. The fourth-order valence-corrected chi connectivity index (χ4v) is 6.00. The van der Waals surface area contributed by atoms with E-state index in [1.165, 1.54) is 26.3 Å². The molecule has 0 aliphatic heterocycles. The van der Waals surface area contributed by atoms with Gasteiger partial charge in [0.25, 0.3) is 5.91 Å². The molecule has 0 radical (unpaired) electrons. The van der Waals surface area contributed by atoms with Crippen LogP contribution in [0.2, 0.25) is 0 Å². The van der Waals surface area contributed by atoms with Crippen molar-refractivity contribution in [2.45, 2.75) is 44.4 Å². The van der Waals surface area contributed by atoms with Crippen LogP contribution < -0.4 is 10.6 Å². The van der Waals surface area contributed by atoms with Crippen LogP contribution >= 0.6 is 0 Å². The number of sulfone groups is 1. The molecule has 0 unspecified atom stereocenters. The summed E-state index contributed by atoms with van der Waals surface area (Å²) in [7, 11) is -2.03. The third-order valence-corrected chi connectivity index (χ3v) is 7.48. The van der Waals surface area contributed by atoms with Gasteiger partial charge in [0.2, 0.25) is 5.91 Å². The van der Waals surface area contributed by atoms with Crippen molar-refractivity contribution < 1.29 is 18.0 Å². The molecular formula is C20H28N2O4S. The molecule has 148 valence electrons. The SMILES string of the molecule is CNC(=O)c1ccc(CS(=O)(=O)CC(=O)N[C@H](C)[C@H]2C[C@H]3CC[C@H]2C3)cc1. The third kappa shape index (κ3) is 4.89. The van der Waals surface area contributed by atoms with Crippen LogP contribution in [0.5, 0.6) is 0 Å². The maximum atomic E-state index is 12.4. The van der Waals surface area contributed by atoms with Gasteiger partial charge < -0.3 is 10.6 Å². The van der Waals surface area contributed by atoms with E-state index in [4.69, 9.17) is 0 Å². The summed E-state index contributed by atoms with van der Waals surface area (Å²) in [6.07, 6.45) is 4.95. The first-order chi connectivity index (χ1) is 12.8. The fourth-order valence-electron chi connectivity index (χ4n) is 4.71. The maximum Gasteiger partial charge on any atom is 0.251 e. The van der Waals surface area contributed by atoms with Gasteiger partial charge in [-0.3, -0.25) is 9.59 Å². The minimum absolute atomic E-state index is 0.0230. The Kier molecular flexibility index (Phi) is 5.89. The van der Waals surface area contributed by atoms with E-state index in [0.717, 1.165) is 12.3 Å². The highest BCUT2D eigenvalue weighted by Gasteiger charge is 2.42. The van der Waals surface area contributed by atoms with Gasteiger partial charge >= 0.3 is 0 Å². The molecule has 7 heteroatoms. The average Bonchev–Trinajstić information content (AvgIpc) is 3.24. The second-order valence-corrected chi connectivity index (χ2v) is 10.1. The summed E-state index contributed by atoms with van der Waals surface area (Å²) in [5, 5.41) is 5.43. The number of carbonyl (C=O) groups is 2. The summed E-state index contributed by atoms with van der Waals surface area (Å²) >= 11 is 0. The Bertz CT molecular complexity index is 804. The van der Waals surface area contributed by atoms with Crippen LogP contribution in [-0.2, 0) is 20.4 Å². The number of benzene rings is 1. The molecule has 0 spiro atoms. The molecular weight excluding hydrogens is 364 g/mol. The highest BCUT2D eigenvalue weighted by Crippen LogP contribution is 2.49. The number of hydrogen-bond acceptors (Lipinski definition) is 4. The molecule has 2 saturated carbocycles. The molecule has 2 amide bonds. The summed E-state index contributed by atoms with van der Waals surface area (Å²) < 4.78 is 24.8. The molecule has 6 nitrogen and oxygen atoms in total. The Morgan fingerprint density at radius 3 is 2.41 bits per heavy atom. The lowest BCUT2D eigenvalue weighted by atomic mass is 9.84. The molecule has 2 fully saturated rings. The van der Waals surface area contributed by atoms with Gasteiger partial charge in [0.05, 0.1) is 5.75 Å². The third-order valence-electron chi connectivity index (χ3n) is 6.00. The molecule has 2 aliphatic rings. The molecule has 0 aromatic heterocycles. The van der Waals surface area contributed by atoms with Crippen molar-refractivity contribution in [3.8, 4) is 0 Å². The summed E-state index contributed by atoms with van der Waals surface area (Å²) in [6.45, 7) is 1.99. The van der Waals surface area contributed by atoms with E-state index in [9.17, 15) is 18.0 Å². The largest absolute Gasteiger partial charge is 0.355 e. The number of hydrogen-bond donors (Lipinski definition) is 2. The van der Waals surface area contributed by atoms with Crippen LogP contribution in [0.15, 0.2) is 24.3 Å². The number of nitrogens with one attached hydrogen (secondary N) is 2. The smallest absolute Gasteiger partial charge is 0.251 e. The molecule has 3 rings (SSSR count). The minimum Gasteiger partial charge on any atom is -0.355 e. The molecule has 2 aliphatic carbocycles. The second kappa shape index (κ2) is 8.00. The number of fused-ring (bicyclic) bond motifs is 2. The quantitative estimate of drug-likeness (QED) is 0.741. The van der Waals surface area contributed by atoms with E-state index in [1.54, 1.807) is 24.3 Å². The minimum atomic E-state index is -3.56. The standard InChI is InChI=1S/C20H28N2O4S/c1-13(18-10-15-5-8-17(18)9-15)22-19(23)12-27(25,26)11-14-3-6-16(7-4-14)20(24)21-2/h3-4,6-7,13,15,17-18H,5,8-12H2,1-2H3,(H,21,24)(H,22,23)/t13-,15+,17+,18-/m1/s1. The van der Waals surface area contributed by atoms with Crippen molar-refractivity contribution >= 4 is 21.7 Å². The van der Waals surface area contributed by atoms with Gasteiger partial charge in [-0.2, -0.15) is 0 Å². The van der Waals surface area contributed by atoms with Gasteiger partial charge in [0.15, 0.2) is 9.84 Å². The zero-order valence-electron chi connectivity index (χ0n) is 15.9. The lowest BCUT2D eigenvalue weighted by Gasteiger charge is -2.28. The first kappa shape index (κ1) is 19.9. The van der Waals surface area contributed by atoms with Gasteiger partial charge in [-0.05, 0) is 61.6 Å². The Balaban J connectivity index is 1.52. The van der Waals surface area contributed by atoms with Crippen molar-refractivity contribution in [2.24, 2.45) is 17.8 Å². The summed E-state index contributed by atoms with van der Waals surface area (Å²) in [4.78, 5) is 23.8. The topological polar surface area (TPSA) is 92.3 Å². The van der Waals surface area contributed by atoms with Crippen LogP contribution in [-0.4, -0.2) is 39.1 Å². The maximum absolute atomic E-state index is 12.4. The van der Waals surface area contributed by atoms with E-state index < -0.39 is 21.5 Å². The van der Waals surface area contributed by atoms with Gasteiger partial charge in [-0.25, -0.2) is 8.42 Å². The van der Waals surface area contributed by atoms with E-state index >= 15 is 0 Å². The first-order valence-electron chi connectivity index (χ1n) is 9.58. The summed E-state index contributed by atoms with van der Waals surface area (Å²) in [5.74, 6) is 0.589. The lowest BCUT2D eigenvalue weighted by Crippen LogP contribution is -2.42. The van der Waals surface area contributed by atoms with Crippen molar-refractivity contribution in [3.63, 3.8) is 0 Å². The molecule has 2 bridgehead atoms. The average molecular weight is 393 g/mol. The van der Waals surface area contributed by atoms with Crippen molar-refractivity contribution in [3.05, 3.63) is 35.4 Å². The van der Waals surface area contributed by atoms with Crippen LogP contribution in [0, 0.1) is 17.8 Å². The number of carbonyl (C=O) groups excluding carboxylic acids is 2. The Morgan fingerprint density at radius 1 is 1.15 bits per heavy atom. The second-order valence-electron chi connectivity index (χ2n) is 8.00. The van der Waals surface area contributed by atoms with E-state index in [1.807, 2.05) is 6.92 Å². The molecule has 0 heterocycles.